The van der Waals surface area contributed by atoms with Crippen molar-refractivity contribution < 1.29 is 4.52 Å². The van der Waals surface area contributed by atoms with Crippen LogP contribution in [0, 0.1) is 0 Å². The van der Waals surface area contributed by atoms with Gasteiger partial charge in [-0.3, -0.25) is 0 Å². The molecule has 1 atom stereocenters. The average molecular weight is 280 g/mol. The van der Waals surface area contributed by atoms with E-state index in [1.807, 2.05) is 0 Å². The summed E-state index contributed by atoms with van der Waals surface area (Å²) in [5.41, 5.74) is 0. The molecule has 2 rings (SSSR count). The fourth-order valence-corrected chi connectivity index (χ4v) is 2.75. The zero-order valence-corrected chi connectivity index (χ0v) is 13.2. The highest BCUT2D eigenvalue weighted by molar-refractivity contribution is 5.26. The lowest BCUT2D eigenvalue weighted by molar-refractivity contribution is 0.344. The minimum absolute atomic E-state index is 0.321. The first kappa shape index (κ1) is 15.3. The molecular formula is C15H28N4O. The first-order valence-electron chi connectivity index (χ1n) is 7.94. The summed E-state index contributed by atoms with van der Waals surface area (Å²) < 4.78 is 5.36. The molecule has 0 bridgehead atoms. The van der Waals surface area contributed by atoms with Crippen molar-refractivity contribution in [2.45, 2.75) is 71.4 Å². The molecule has 1 aromatic heterocycles. The second kappa shape index (κ2) is 7.07. The molecule has 2 heterocycles. The largest absolute Gasteiger partial charge is 0.324 e. The highest BCUT2D eigenvalue weighted by Crippen LogP contribution is 2.20. The van der Waals surface area contributed by atoms with Crippen molar-refractivity contribution in [3.05, 3.63) is 5.82 Å². The predicted molar refractivity (Wildman–Crippen MR) is 81.1 cm³/mol. The van der Waals surface area contributed by atoms with Crippen molar-refractivity contribution in [3.8, 4) is 0 Å². The van der Waals surface area contributed by atoms with Crippen molar-refractivity contribution in [2.24, 2.45) is 0 Å². The Balaban J connectivity index is 1.81. The van der Waals surface area contributed by atoms with Crippen LogP contribution in [0.5, 0.6) is 0 Å². The average Bonchev–Trinajstić information content (AvgIpc) is 2.89. The van der Waals surface area contributed by atoms with Crippen LogP contribution in [0.15, 0.2) is 4.52 Å². The van der Waals surface area contributed by atoms with Gasteiger partial charge in [-0.1, -0.05) is 32.3 Å². The standard InChI is InChI=1S/C15H28N4O/c1-5-6-12(4)16-13-7-9-19(10-8-13)15-17-14(11(2)3)18-20-15/h11-13,16H,5-10H2,1-4H3. The van der Waals surface area contributed by atoms with E-state index in [0.29, 0.717) is 24.0 Å². The zero-order valence-electron chi connectivity index (χ0n) is 13.2. The van der Waals surface area contributed by atoms with Gasteiger partial charge in [-0.25, -0.2) is 0 Å². The van der Waals surface area contributed by atoms with Gasteiger partial charge in [0.1, 0.15) is 0 Å². The lowest BCUT2D eigenvalue weighted by Crippen LogP contribution is -2.45. The second-order valence-electron chi connectivity index (χ2n) is 6.21. The summed E-state index contributed by atoms with van der Waals surface area (Å²) in [5.74, 6) is 1.12. The Hall–Kier alpha value is -1.10. The van der Waals surface area contributed by atoms with Gasteiger partial charge in [0.15, 0.2) is 5.82 Å². The first-order valence-corrected chi connectivity index (χ1v) is 7.94. The SMILES string of the molecule is CCCC(C)NC1CCN(c2nc(C(C)C)no2)CC1. The molecule has 0 amide bonds. The fourth-order valence-electron chi connectivity index (χ4n) is 2.75. The monoisotopic (exact) mass is 280 g/mol. The Bertz CT molecular complexity index is 396. The van der Waals surface area contributed by atoms with Crippen LogP contribution >= 0.6 is 0 Å². The quantitative estimate of drug-likeness (QED) is 0.868. The van der Waals surface area contributed by atoms with Crippen LogP contribution in [-0.2, 0) is 0 Å². The number of nitrogens with zero attached hydrogens (tertiary/aromatic N) is 3. The number of anilines is 1. The topological polar surface area (TPSA) is 54.2 Å². The van der Waals surface area contributed by atoms with Crippen LogP contribution in [0.4, 0.5) is 6.01 Å². The molecule has 1 saturated heterocycles. The van der Waals surface area contributed by atoms with E-state index in [0.717, 1.165) is 31.8 Å². The molecule has 0 saturated carbocycles. The number of piperidine rings is 1. The molecule has 0 radical (unpaired) electrons. The summed E-state index contributed by atoms with van der Waals surface area (Å²) in [4.78, 5) is 6.69. The molecule has 1 fully saturated rings. The van der Waals surface area contributed by atoms with Crippen molar-refractivity contribution >= 4 is 6.01 Å². The van der Waals surface area contributed by atoms with Gasteiger partial charge in [-0.05, 0) is 26.2 Å². The van der Waals surface area contributed by atoms with Gasteiger partial charge in [0.05, 0.1) is 0 Å². The number of aromatic nitrogens is 2. The molecule has 20 heavy (non-hydrogen) atoms. The van der Waals surface area contributed by atoms with E-state index in [1.165, 1.54) is 12.8 Å². The summed E-state index contributed by atoms with van der Waals surface area (Å²) in [6.45, 7) is 10.7. The predicted octanol–water partition coefficient (Wildman–Crippen LogP) is 2.94. The van der Waals surface area contributed by atoms with Crippen LogP contribution in [0.1, 0.15) is 65.1 Å². The molecule has 1 aliphatic heterocycles. The molecule has 5 heteroatoms. The maximum atomic E-state index is 5.36. The van der Waals surface area contributed by atoms with Gasteiger partial charge < -0.3 is 14.7 Å². The first-order chi connectivity index (χ1) is 9.60. The Morgan fingerprint density at radius 1 is 1.30 bits per heavy atom. The van der Waals surface area contributed by atoms with E-state index in [4.69, 9.17) is 4.52 Å². The van der Waals surface area contributed by atoms with Crippen molar-refractivity contribution in [1.82, 2.24) is 15.5 Å². The van der Waals surface area contributed by atoms with Crippen LogP contribution in [-0.4, -0.2) is 35.3 Å². The molecule has 1 N–H and O–H groups in total. The third kappa shape index (κ3) is 3.95. The van der Waals surface area contributed by atoms with E-state index < -0.39 is 0 Å². The number of nitrogens with one attached hydrogen (secondary N) is 1. The Labute approximate surface area is 122 Å². The van der Waals surface area contributed by atoms with E-state index in [1.54, 1.807) is 0 Å². The van der Waals surface area contributed by atoms with Gasteiger partial charge in [0.25, 0.3) is 0 Å². The summed E-state index contributed by atoms with van der Waals surface area (Å²) >= 11 is 0. The van der Waals surface area contributed by atoms with Crippen LogP contribution in [0.3, 0.4) is 0 Å². The maximum absolute atomic E-state index is 5.36. The van der Waals surface area contributed by atoms with Crippen molar-refractivity contribution in [1.29, 1.82) is 0 Å². The lowest BCUT2D eigenvalue weighted by atomic mass is 10.0. The molecule has 0 aliphatic carbocycles. The minimum Gasteiger partial charge on any atom is -0.324 e. The Morgan fingerprint density at radius 2 is 2.00 bits per heavy atom. The third-order valence-electron chi connectivity index (χ3n) is 3.95. The molecule has 1 aliphatic rings. The number of hydrogen-bond donors (Lipinski definition) is 1. The van der Waals surface area contributed by atoms with Gasteiger partial charge in [-0.2, -0.15) is 4.98 Å². The second-order valence-corrected chi connectivity index (χ2v) is 6.21. The summed E-state index contributed by atoms with van der Waals surface area (Å²) in [7, 11) is 0. The zero-order chi connectivity index (χ0) is 14.5. The van der Waals surface area contributed by atoms with Gasteiger partial charge in [0.2, 0.25) is 0 Å². The smallest absolute Gasteiger partial charge is 0.324 e. The molecule has 0 aromatic carbocycles. The van der Waals surface area contributed by atoms with Gasteiger partial charge in [0, 0.05) is 31.1 Å². The van der Waals surface area contributed by atoms with Gasteiger partial charge >= 0.3 is 6.01 Å². The summed E-state index contributed by atoms with van der Waals surface area (Å²) in [5, 5.41) is 7.76. The van der Waals surface area contributed by atoms with Gasteiger partial charge in [-0.15, -0.1) is 0 Å². The van der Waals surface area contributed by atoms with E-state index in [2.05, 4.69) is 48.1 Å². The summed E-state index contributed by atoms with van der Waals surface area (Å²) in [6.07, 6.45) is 4.79. The molecule has 1 unspecified atom stereocenters. The third-order valence-corrected chi connectivity index (χ3v) is 3.95. The van der Waals surface area contributed by atoms with Crippen LogP contribution in [0.2, 0.25) is 0 Å². The number of hydrogen-bond acceptors (Lipinski definition) is 5. The molecule has 5 nitrogen and oxygen atoms in total. The van der Waals surface area contributed by atoms with Crippen molar-refractivity contribution in [2.75, 3.05) is 18.0 Å². The molecular weight excluding hydrogens is 252 g/mol. The minimum atomic E-state index is 0.321. The number of rotatable bonds is 6. The van der Waals surface area contributed by atoms with E-state index >= 15 is 0 Å². The Morgan fingerprint density at radius 3 is 2.55 bits per heavy atom. The Kier molecular flexibility index (Phi) is 5.40. The van der Waals surface area contributed by atoms with Crippen LogP contribution < -0.4 is 10.2 Å². The van der Waals surface area contributed by atoms with Crippen molar-refractivity contribution in [3.63, 3.8) is 0 Å². The van der Waals surface area contributed by atoms with Crippen LogP contribution in [0.25, 0.3) is 0 Å². The lowest BCUT2D eigenvalue weighted by Gasteiger charge is -2.32. The fraction of sp³-hybridized carbons (Fsp3) is 0.867. The maximum Gasteiger partial charge on any atom is 0.324 e. The van der Waals surface area contributed by atoms with E-state index in [9.17, 15) is 0 Å². The summed E-state index contributed by atoms with van der Waals surface area (Å²) in [6, 6.07) is 1.93. The van der Waals surface area contributed by atoms with E-state index in [-0.39, 0.29) is 0 Å². The highest BCUT2D eigenvalue weighted by Gasteiger charge is 2.24. The molecule has 0 spiro atoms. The molecule has 1 aromatic rings. The highest BCUT2D eigenvalue weighted by atomic mass is 16.5. The normalized spacial score (nSPS) is 18.8. The molecule has 114 valence electrons.